The van der Waals surface area contributed by atoms with E-state index in [4.69, 9.17) is 4.74 Å². The van der Waals surface area contributed by atoms with E-state index >= 15 is 0 Å². The second-order valence-corrected chi connectivity index (χ2v) is 4.23. The SMILES string of the molecule is Cn1nnnc1NCCCOC1CCNCC1. The molecule has 1 aromatic heterocycles. The summed E-state index contributed by atoms with van der Waals surface area (Å²) in [6.07, 6.45) is 3.66. The third-order valence-corrected chi connectivity index (χ3v) is 2.86. The summed E-state index contributed by atoms with van der Waals surface area (Å²) in [7, 11) is 1.81. The number of hydrogen-bond acceptors (Lipinski definition) is 6. The van der Waals surface area contributed by atoms with E-state index in [1.165, 1.54) is 0 Å². The zero-order valence-corrected chi connectivity index (χ0v) is 10.2. The van der Waals surface area contributed by atoms with Gasteiger partial charge >= 0.3 is 0 Å². The molecule has 0 saturated carbocycles. The Morgan fingerprint density at radius 1 is 1.47 bits per heavy atom. The Morgan fingerprint density at radius 3 is 3.00 bits per heavy atom. The summed E-state index contributed by atoms with van der Waals surface area (Å²) >= 11 is 0. The van der Waals surface area contributed by atoms with Crippen molar-refractivity contribution in [1.82, 2.24) is 25.5 Å². The molecule has 0 aliphatic carbocycles. The number of nitrogens with one attached hydrogen (secondary N) is 2. The first-order valence-electron chi connectivity index (χ1n) is 6.15. The van der Waals surface area contributed by atoms with Crippen molar-refractivity contribution in [2.45, 2.75) is 25.4 Å². The van der Waals surface area contributed by atoms with Crippen LogP contribution in [0, 0.1) is 0 Å². The van der Waals surface area contributed by atoms with Gasteiger partial charge in [0, 0.05) is 20.2 Å². The van der Waals surface area contributed by atoms with Crippen LogP contribution in [0.15, 0.2) is 0 Å². The summed E-state index contributed by atoms with van der Waals surface area (Å²) in [5, 5.41) is 17.6. The van der Waals surface area contributed by atoms with Crippen LogP contribution >= 0.6 is 0 Å². The molecule has 0 aromatic carbocycles. The molecule has 2 N–H and O–H groups in total. The summed E-state index contributed by atoms with van der Waals surface area (Å²) in [4.78, 5) is 0. The summed E-state index contributed by atoms with van der Waals surface area (Å²) in [5.41, 5.74) is 0. The number of tetrazole rings is 1. The molecule has 1 aliphatic rings. The van der Waals surface area contributed by atoms with Gasteiger partial charge in [0.15, 0.2) is 0 Å². The number of ether oxygens (including phenoxy) is 1. The van der Waals surface area contributed by atoms with Gasteiger partial charge in [-0.25, -0.2) is 4.68 Å². The Labute approximate surface area is 101 Å². The van der Waals surface area contributed by atoms with E-state index in [0.29, 0.717) is 12.1 Å². The minimum absolute atomic E-state index is 0.438. The van der Waals surface area contributed by atoms with Gasteiger partial charge in [0.25, 0.3) is 0 Å². The number of piperidine rings is 1. The number of hydrogen-bond donors (Lipinski definition) is 2. The minimum atomic E-state index is 0.438. The molecule has 2 rings (SSSR count). The lowest BCUT2D eigenvalue weighted by molar-refractivity contribution is 0.0329. The lowest BCUT2D eigenvalue weighted by Gasteiger charge is -2.22. The molecule has 0 atom stereocenters. The van der Waals surface area contributed by atoms with Crippen molar-refractivity contribution in [3.05, 3.63) is 0 Å². The monoisotopic (exact) mass is 240 g/mol. The zero-order valence-electron chi connectivity index (χ0n) is 10.2. The first-order chi connectivity index (χ1) is 8.36. The molecule has 0 bridgehead atoms. The van der Waals surface area contributed by atoms with Gasteiger partial charge in [-0.05, 0) is 42.8 Å². The first-order valence-corrected chi connectivity index (χ1v) is 6.15. The van der Waals surface area contributed by atoms with Crippen molar-refractivity contribution in [2.24, 2.45) is 7.05 Å². The second-order valence-electron chi connectivity index (χ2n) is 4.23. The highest BCUT2D eigenvalue weighted by molar-refractivity contribution is 5.20. The molecular weight excluding hydrogens is 220 g/mol. The van der Waals surface area contributed by atoms with Gasteiger partial charge in [0.1, 0.15) is 0 Å². The number of anilines is 1. The van der Waals surface area contributed by atoms with Crippen molar-refractivity contribution < 1.29 is 4.74 Å². The van der Waals surface area contributed by atoms with Crippen molar-refractivity contribution in [2.75, 3.05) is 31.6 Å². The van der Waals surface area contributed by atoms with E-state index in [2.05, 4.69) is 26.2 Å². The fraction of sp³-hybridized carbons (Fsp3) is 0.900. The smallest absolute Gasteiger partial charge is 0.242 e. The molecule has 17 heavy (non-hydrogen) atoms. The predicted octanol–water partition coefficient (Wildman–Crippen LogP) is -0.219. The Bertz CT molecular complexity index is 322. The van der Waals surface area contributed by atoms with E-state index < -0.39 is 0 Å². The van der Waals surface area contributed by atoms with Crippen LogP contribution in [0.25, 0.3) is 0 Å². The normalized spacial score (nSPS) is 17.2. The highest BCUT2D eigenvalue weighted by Crippen LogP contribution is 2.07. The van der Waals surface area contributed by atoms with Gasteiger partial charge in [-0.2, -0.15) is 0 Å². The lowest BCUT2D eigenvalue weighted by atomic mass is 10.1. The van der Waals surface area contributed by atoms with Gasteiger partial charge in [-0.1, -0.05) is 5.10 Å². The third-order valence-electron chi connectivity index (χ3n) is 2.86. The van der Waals surface area contributed by atoms with Gasteiger partial charge in [0.05, 0.1) is 6.10 Å². The standard InChI is InChI=1S/C10H20N6O/c1-16-10(13-14-15-16)12-5-2-8-17-9-3-6-11-7-4-9/h9,11H,2-8H2,1H3,(H,12,13,15). The van der Waals surface area contributed by atoms with E-state index in [9.17, 15) is 0 Å². The van der Waals surface area contributed by atoms with Gasteiger partial charge in [-0.3, -0.25) is 0 Å². The van der Waals surface area contributed by atoms with Crippen molar-refractivity contribution in [3.8, 4) is 0 Å². The highest BCUT2D eigenvalue weighted by atomic mass is 16.5. The van der Waals surface area contributed by atoms with E-state index in [0.717, 1.165) is 45.5 Å². The fourth-order valence-electron chi connectivity index (χ4n) is 1.86. The van der Waals surface area contributed by atoms with Crippen LogP contribution in [-0.2, 0) is 11.8 Å². The molecule has 7 nitrogen and oxygen atoms in total. The van der Waals surface area contributed by atoms with Crippen LogP contribution in [-0.4, -0.2) is 52.6 Å². The van der Waals surface area contributed by atoms with Crippen LogP contribution in [0.5, 0.6) is 0 Å². The molecule has 7 heteroatoms. The predicted molar refractivity (Wildman–Crippen MR) is 63.7 cm³/mol. The molecular formula is C10H20N6O. The Hall–Kier alpha value is -1.21. The maximum Gasteiger partial charge on any atom is 0.242 e. The molecule has 1 aliphatic heterocycles. The maximum absolute atomic E-state index is 5.79. The molecule has 0 unspecified atom stereocenters. The topological polar surface area (TPSA) is 76.9 Å². The molecule has 1 fully saturated rings. The largest absolute Gasteiger partial charge is 0.378 e. The van der Waals surface area contributed by atoms with E-state index in [1.807, 2.05) is 7.05 Å². The number of rotatable bonds is 6. The van der Waals surface area contributed by atoms with Crippen molar-refractivity contribution in [3.63, 3.8) is 0 Å². The number of aryl methyl sites for hydroxylation is 1. The first kappa shape index (κ1) is 12.3. The third kappa shape index (κ3) is 3.94. The molecule has 1 aromatic rings. The van der Waals surface area contributed by atoms with Gasteiger partial charge in [0.2, 0.25) is 5.95 Å². The second kappa shape index (κ2) is 6.51. The van der Waals surface area contributed by atoms with Crippen LogP contribution < -0.4 is 10.6 Å². The Morgan fingerprint density at radius 2 is 2.29 bits per heavy atom. The average Bonchev–Trinajstić information content (AvgIpc) is 2.76. The van der Waals surface area contributed by atoms with Gasteiger partial charge < -0.3 is 15.4 Å². The lowest BCUT2D eigenvalue weighted by Crippen LogP contribution is -2.32. The number of aromatic nitrogens is 4. The van der Waals surface area contributed by atoms with E-state index in [1.54, 1.807) is 4.68 Å². The Kier molecular flexibility index (Phi) is 4.69. The molecule has 0 spiro atoms. The summed E-state index contributed by atoms with van der Waals surface area (Å²) < 4.78 is 7.41. The van der Waals surface area contributed by atoms with Crippen LogP contribution in [0.1, 0.15) is 19.3 Å². The quantitative estimate of drug-likeness (QED) is 0.670. The maximum atomic E-state index is 5.79. The highest BCUT2D eigenvalue weighted by Gasteiger charge is 2.12. The molecule has 1 saturated heterocycles. The molecule has 2 heterocycles. The van der Waals surface area contributed by atoms with Crippen molar-refractivity contribution in [1.29, 1.82) is 0 Å². The van der Waals surface area contributed by atoms with Gasteiger partial charge in [-0.15, -0.1) is 0 Å². The minimum Gasteiger partial charge on any atom is -0.378 e. The van der Waals surface area contributed by atoms with Crippen LogP contribution in [0.4, 0.5) is 5.95 Å². The molecule has 0 amide bonds. The fourth-order valence-corrected chi connectivity index (χ4v) is 1.86. The average molecular weight is 240 g/mol. The molecule has 0 radical (unpaired) electrons. The summed E-state index contributed by atoms with van der Waals surface area (Å²) in [6.45, 7) is 3.78. The van der Waals surface area contributed by atoms with Crippen molar-refractivity contribution >= 4 is 5.95 Å². The number of nitrogens with zero attached hydrogens (tertiary/aromatic N) is 4. The zero-order chi connectivity index (χ0) is 11.9. The molecule has 96 valence electrons. The van der Waals surface area contributed by atoms with Crippen LogP contribution in [0.3, 0.4) is 0 Å². The van der Waals surface area contributed by atoms with E-state index in [-0.39, 0.29) is 0 Å². The Balaban J connectivity index is 1.53. The summed E-state index contributed by atoms with van der Waals surface area (Å²) in [6, 6.07) is 0. The summed E-state index contributed by atoms with van der Waals surface area (Å²) in [5.74, 6) is 0.701. The van der Waals surface area contributed by atoms with Crippen LogP contribution in [0.2, 0.25) is 0 Å².